The molecule has 0 bridgehead atoms. The molecular weight excluding hydrogens is 338 g/mol. The Balaban J connectivity index is 1.96. The monoisotopic (exact) mass is 375 g/mol. The van der Waals surface area contributed by atoms with E-state index in [1.165, 1.54) is 5.56 Å². The summed E-state index contributed by atoms with van der Waals surface area (Å²) < 4.78 is 5.98. The molecule has 2 unspecified atom stereocenters. The molecule has 27 heavy (non-hydrogen) atoms. The number of ether oxygens (including phenoxy) is 1. The van der Waals surface area contributed by atoms with Gasteiger partial charge in [0.2, 0.25) is 0 Å². The molecule has 0 spiro atoms. The van der Waals surface area contributed by atoms with Gasteiger partial charge in [0.05, 0.1) is 18.2 Å². The van der Waals surface area contributed by atoms with Crippen molar-refractivity contribution in [1.29, 1.82) is 0 Å². The molecule has 1 saturated heterocycles. The lowest BCUT2D eigenvalue weighted by Crippen LogP contribution is -2.42. The fourth-order valence-electron chi connectivity index (χ4n) is 3.86. The normalized spacial score (nSPS) is 20.7. The van der Waals surface area contributed by atoms with Crippen LogP contribution in [0.4, 0.5) is 0 Å². The second-order valence-electron chi connectivity index (χ2n) is 7.55. The predicted molar refractivity (Wildman–Crippen MR) is 112 cm³/mol. The quantitative estimate of drug-likeness (QED) is 0.431. The van der Waals surface area contributed by atoms with E-state index >= 15 is 0 Å². The van der Waals surface area contributed by atoms with Crippen LogP contribution in [0, 0.1) is 5.92 Å². The zero-order chi connectivity index (χ0) is 19.5. The largest absolute Gasteiger partial charge is 0.388 e. The number of guanidine groups is 1. The molecule has 0 amide bonds. The molecule has 152 valence electrons. The minimum absolute atomic E-state index is 0.138. The topological polar surface area (TPSA) is 65.9 Å². The van der Waals surface area contributed by atoms with Gasteiger partial charge in [-0.3, -0.25) is 4.99 Å². The maximum atomic E-state index is 10.8. The van der Waals surface area contributed by atoms with Crippen LogP contribution < -0.4 is 10.6 Å². The van der Waals surface area contributed by atoms with E-state index in [9.17, 15) is 5.11 Å². The molecule has 5 nitrogen and oxygen atoms in total. The summed E-state index contributed by atoms with van der Waals surface area (Å²) in [5.74, 6) is 1.20. The van der Waals surface area contributed by atoms with Crippen molar-refractivity contribution >= 4 is 5.96 Å². The lowest BCUT2D eigenvalue weighted by molar-refractivity contribution is 0.0305. The molecule has 1 aromatic rings. The van der Waals surface area contributed by atoms with Crippen molar-refractivity contribution in [2.24, 2.45) is 10.9 Å². The van der Waals surface area contributed by atoms with Crippen LogP contribution in [0.2, 0.25) is 0 Å². The van der Waals surface area contributed by atoms with E-state index < -0.39 is 5.60 Å². The molecular formula is C22H37N3O2. The predicted octanol–water partition coefficient (Wildman–Crippen LogP) is 3.65. The zero-order valence-corrected chi connectivity index (χ0v) is 17.2. The van der Waals surface area contributed by atoms with Gasteiger partial charge in [0.15, 0.2) is 5.96 Å². The summed E-state index contributed by atoms with van der Waals surface area (Å²) >= 11 is 0. The first kappa shape index (κ1) is 21.7. The van der Waals surface area contributed by atoms with Gasteiger partial charge in [0.25, 0.3) is 0 Å². The molecule has 0 aromatic heterocycles. The van der Waals surface area contributed by atoms with Crippen molar-refractivity contribution in [3.8, 4) is 0 Å². The highest BCUT2D eigenvalue weighted by Gasteiger charge is 2.30. The zero-order valence-electron chi connectivity index (χ0n) is 17.2. The minimum Gasteiger partial charge on any atom is -0.388 e. The number of aliphatic hydroxyl groups is 1. The number of hydrogen-bond acceptors (Lipinski definition) is 3. The van der Waals surface area contributed by atoms with Gasteiger partial charge in [-0.05, 0) is 31.7 Å². The van der Waals surface area contributed by atoms with Crippen molar-refractivity contribution in [3.63, 3.8) is 0 Å². The van der Waals surface area contributed by atoms with Crippen LogP contribution in [0.1, 0.15) is 64.5 Å². The van der Waals surface area contributed by atoms with E-state index in [-0.39, 0.29) is 6.10 Å². The molecule has 0 radical (unpaired) electrons. The highest BCUT2D eigenvalue weighted by Crippen LogP contribution is 2.33. The van der Waals surface area contributed by atoms with Crippen LogP contribution in [0.25, 0.3) is 0 Å². The molecule has 2 rings (SSSR count). The Labute approximate surface area is 164 Å². The van der Waals surface area contributed by atoms with Crippen LogP contribution >= 0.6 is 0 Å². The Hall–Kier alpha value is -1.59. The Morgan fingerprint density at radius 1 is 1.15 bits per heavy atom. The summed E-state index contributed by atoms with van der Waals surface area (Å²) in [5, 5.41) is 17.6. The van der Waals surface area contributed by atoms with Crippen molar-refractivity contribution in [2.45, 2.75) is 64.6 Å². The van der Waals surface area contributed by atoms with Crippen molar-refractivity contribution < 1.29 is 9.84 Å². The third kappa shape index (κ3) is 6.82. The van der Waals surface area contributed by atoms with Gasteiger partial charge in [-0.1, -0.05) is 57.0 Å². The lowest BCUT2D eigenvalue weighted by Gasteiger charge is -2.26. The highest BCUT2D eigenvalue weighted by molar-refractivity contribution is 5.79. The second-order valence-corrected chi connectivity index (χ2v) is 7.55. The molecule has 1 aromatic carbocycles. The Bertz CT molecular complexity index is 556. The standard InChI is InChI=1S/C22H37N3O2/c1-4-13-22(26,14-5-2)17-25-21(23-6-3)24-16-19-12-15-27-20(19)18-10-8-7-9-11-18/h7-11,19-20,26H,4-6,12-17H2,1-3H3,(H2,23,24,25). The summed E-state index contributed by atoms with van der Waals surface area (Å²) in [6.07, 6.45) is 4.69. The van der Waals surface area contributed by atoms with Gasteiger partial charge in [-0.25, -0.2) is 0 Å². The maximum absolute atomic E-state index is 10.8. The highest BCUT2D eigenvalue weighted by atomic mass is 16.5. The smallest absolute Gasteiger partial charge is 0.191 e. The molecule has 0 aliphatic carbocycles. The van der Waals surface area contributed by atoms with E-state index in [4.69, 9.17) is 4.74 Å². The van der Waals surface area contributed by atoms with Crippen molar-refractivity contribution in [1.82, 2.24) is 10.6 Å². The van der Waals surface area contributed by atoms with Crippen LogP contribution in [-0.4, -0.2) is 42.9 Å². The second kappa shape index (κ2) is 11.3. The minimum atomic E-state index is -0.700. The molecule has 0 saturated carbocycles. The third-order valence-corrected chi connectivity index (χ3v) is 5.18. The summed E-state index contributed by atoms with van der Waals surface area (Å²) in [4.78, 5) is 4.69. The summed E-state index contributed by atoms with van der Waals surface area (Å²) in [7, 11) is 0. The first-order chi connectivity index (χ1) is 13.1. The van der Waals surface area contributed by atoms with Gasteiger partial charge in [-0.15, -0.1) is 0 Å². The molecule has 1 heterocycles. The number of nitrogens with zero attached hydrogens (tertiary/aromatic N) is 1. The van der Waals surface area contributed by atoms with Crippen LogP contribution in [0.3, 0.4) is 0 Å². The van der Waals surface area contributed by atoms with Gasteiger partial charge >= 0.3 is 0 Å². The van der Waals surface area contributed by atoms with Gasteiger partial charge in [0.1, 0.15) is 0 Å². The molecule has 2 atom stereocenters. The number of aliphatic imine (C=N–C) groups is 1. The van der Waals surface area contributed by atoms with Crippen LogP contribution in [0.15, 0.2) is 35.3 Å². The van der Waals surface area contributed by atoms with E-state index in [2.05, 4.69) is 60.7 Å². The molecule has 1 fully saturated rings. The van der Waals surface area contributed by atoms with Gasteiger partial charge < -0.3 is 20.5 Å². The number of nitrogens with one attached hydrogen (secondary N) is 2. The van der Waals surface area contributed by atoms with Crippen molar-refractivity contribution in [2.75, 3.05) is 26.2 Å². The first-order valence-electron chi connectivity index (χ1n) is 10.5. The van der Waals surface area contributed by atoms with Gasteiger partial charge in [-0.2, -0.15) is 0 Å². The van der Waals surface area contributed by atoms with Crippen molar-refractivity contribution in [3.05, 3.63) is 35.9 Å². The summed E-state index contributed by atoms with van der Waals surface area (Å²) in [6, 6.07) is 10.4. The number of benzene rings is 1. The van der Waals surface area contributed by atoms with E-state index in [1.807, 2.05) is 6.07 Å². The SMILES string of the molecule is CCCC(O)(CCC)CN=C(NCC)NCC1CCOC1c1ccccc1. The fraction of sp³-hybridized carbons (Fsp3) is 0.682. The molecule has 5 heteroatoms. The third-order valence-electron chi connectivity index (χ3n) is 5.18. The molecule has 1 aliphatic rings. The molecule has 3 N–H and O–H groups in total. The summed E-state index contributed by atoms with van der Waals surface area (Å²) in [6.45, 7) is 9.13. The average Bonchev–Trinajstić information content (AvgIpc) is 3.14. The van der Waals surface area contributed by atoms with E-state index in [0.717, 1.165) is 57.8 Å². The Morgan fingerprint density at radius 2 is 1.85 bits per heavy atom. The van der Waals surface area contributed by atoms with E-state index in [0.29, 0.717) is 12.5 Å². The lowest BCUT2D eigenvalue weighted by atomic mass is 9.93. The fourth-order valence-corrected chi connectivity index (χ4v) is 3.86. The average molecular weight is 376 g/mol. The maximum Gasteiger partial charge on any atom is 0.191 e. The van der Waals surface area contributed by atoms with Gasteiger partial charge in [0, 0.05) is 25.6 Å². The summed E-state index contributed by atoms with van der Waals surface area (Å²) in [5.41, 5.74) is 0.540. The number of hydrogen-bond donors (Lipinski definition) is 3. The van der Waals surface area contributed by atoms with Crippen LogP contribution in [0.5, 0.6) is 0 Å². The Morgan fingerprint density at radius 3 is 2.48 bits per heavy atom. The van der Waals surface area contributed by atoms with Crippen LogP contribution in [-0.2, 0) is 4.74 Å². The first-order valence-corrected chi connectivity index (χ1v) is 10.5. The van der Waals surface area contributed by atoms with E-state index in [1.54, 1.807) is 0 Å². The Kier molecular flexibility index (Phi) is 9.08. The number of rotatable bonds is 10. The molecule has 1 aliphatic heterocycles.